The number of aromatic nitrogens is 1. The van der Waals surface area contributed by atoms with E-state index >= 15 is 0 Å². The number of rotatable bonds is 2. The summed E-state index contributed by atoms with van der Waals surface area (Å²) in [5, 5.41) is 0. The van der Waals surface area contributed by atoms with Crippen LogP contribution in [0.2, 0.25) is 0 Å². The van der Waals surface area contributed by atoms with Gasteiger partial charge in [0.25, 0.3) is 0 Å². The third-order valence-corrected chi connectivity index (χ3v) is 1.60. The van der Waals surface area contributed by atoms with E-state index in [4.69, 9.17) is 11.6 Å². The van der Waals surface area contributed by atoms with Crippen molar-refractivity contribution in [3.05, 3.63) is 36.2 Å². The first-order valence-corrected chi connectivity index (χ1v) is 3.53. The number of hydrogen-bond acceptors (Lipinski definition) is 1. The third-order valence-electron chi connectivity index (χ3n) is 1.31. The van der Waals surface area contributed by atoms with E-state index in [0.29, 0.717) is 5.88 Å². The monoisotopic (exact) mass is 153 g/mol. The van der Waals surface area contributed by atoms with Crippen LogP contribution < -0.4 is 0 Å². The largest absolute Gasteiger partial charge is 0.264 e. The molecule has 0 aromatic carbocycles. The fourth-order valence-corrected chi connectivity index (χ4v) is 0.984. The molecule has 0 amide bonds. The van der Waals surface area contributed by atoms with Crippen LogP contribution in [0.15, 0.2) is 25.0 Å². The molecule has 0 aliphatic heterocycles. The SMILES string of the molecule is C=Cc1cnccc1CCl. The van der Waals surface area contributed by atoms with Gasteiger partial charge in [0.05, 0.1) is 0 Å². The lowest BCUT2D eigenvalue weighted by Crippen LogP contribution is -1.84. The summed E-state index contributed by atoms with van der Waals surface area (Å²) < 4.78 is 0. The van der Waals surface area contributed by atoms with E-state index in [1.54, 1.807) is 18.5 Å². The maximum absolute atomic E-state index is 5.64. The third kappa shape index (κ3) is 1.36. The lowest BCUT2D eigenvalue weighted by atomic mass is 10.2. The van der Waals surface area contributed by atoms with Gasteiger partial charge in [-0.15, -0.1) is 11.6 Å². The molecule has 0 saturated heterocycles. The number of nitrogens with zero attached hydrogens (tertiary/aromatic N) is 1. The predicted octanol–water partition coefficient (Wildman–Crippen LogP) is 2.46. The van der Waals surface area contributed by atoms with Gasteiger partial charge in [-0.3, -0.25) is 4.98 Å². The molecule has 1 rings (SSSR count). The highest BCUT2D eigenvalue weighted by Crippen LogP contribution is 2.09. The highest BCUT2D eigenvalue weighted by Gasteiger charge is 1.94. The molecule has 0 N–H and O–H groups in total. The van der Waals surface area contributed by atoms with Crippen LogP contribution in [0.4, 0.5) is 0 Å². The molecule has 0 saturated carbocycles. The van der Waals surface area contributed by atoms with Crippen molar-refractivity contribution in [2.24, 2.45) is 0 Å². The minimum atomic E-state index is 0.518. The van der Waals surface area contributed by atoms with Gasteiger partial charge in [-0.1, -0.05) is 12.7 Å². The Bertz CT molecular complexity index is 232. The van der Waals surface area contributed by atoms with Crippen molar-refractivity contribution in [3.63, 3.8) is 0 Å². The summed E-state index contributed by atoms with van der Waals surface area (Å²) in [5.41, 5.74) is 2.09. The van der Waals surface area contributed by atoms with Crippen LogP contribution in [-0.2, 0) is 5.88 Å². The van der Waals surface area contributed by atoms with Crippen LogP contribution in [0.5, 0.6) is 0 Å². The fourth-order valence-electron chi connectivity index (χ4n) is 0.741. The molecule has 1 heterocycles. The van der Waals surface area contributed by atoms with Crippen LogP contribution in [0.25, 0.3) is 6.08 Å². The van der Waals surface area contributed by atoms with E-state index in [1.165, 1.54) is 0 Å². The summed E-state index contributed by atoms with van der Waals surface area (Å²) in [6.07, 6.45) is 5.24. The van der Waals surface area contributed by atoms with Crippen molar-refractivity contribution in [1.29, 1.82) is 0 Å². The molecular weight excluding hydrogens is 146 g/mol. The molecule has 1 nitrogen and oxygen atoms in total. The second-order valence-electron chi connectivity index (χ2n) is 1.91. The zero-order valence-electron chi connectivity index (χ0n) is 5.55. The summed E-state index contributed by atoms with van der Waals surface area (Å²) >= 11 is 5.64. The lowest BCUT2D eigenvalue weighted by Gasteiger charge is -1.97. The average Bonchev–Trinajstić information content (AvgIpc) is 2.04. The zero-order chi connectivity index (χ0) is 7.40. The summed E-state index contributed by atoms with van der Waals surface area (Å²) in [4.78, 5) is 3.93. The zero-order valence-corrected chi connectivity index (χ0v) is 6.30. The van der Waals surface area contributed by atoms with Crippen LogP contribution >= 0.6 is 11.6 Å². The summed E-state index contributed by atoms with van der Waals surface area (Å²) in [5.74, 6) is 0.518. The molecule has 1 aromatic rings. The molecule has 0 spiro atoms. The lowest BCUT2D eigenvalue weighted by molar-refractivity contribution is 1.25. The minimum Gasteiger partial charge on any atom is -0.264 e. The van der Waals surface area contributed by atoms with Crippen molar-refractivity contribution in [1.82, 2.24) is 4.98 Å². The highest BCUT2D eigenvalue weighted by atomic mass is 35.5. The predicted molar refractivity (Wildman–Crippen MR) is 43.9 cm³/mol. The Morgan fingerprint density at radius 1 is 1.70 bits per heavy atom. The van der Waals surface area contributed by atoms with E-state index in [9.17, 15) is 0 Å². The Morgan fingerprint density at radius 2 is 2.50 bits per heavy atom. The Kier molecular flexibility index (Phi) is 2.46. The van der Waals surface area contributed by atoms with Crippen molar-refractivity contribution in [2.75, 3.05) is 0 Å². The first-order valence-electron chi connectivity index (χ1n) is 2.99. The number of halogens is 1. The molecular formula is C8H8ClN. The molecule has 2 heteroatoms. The van der Waals surface area contributed by atoms with Crippen LogP contribution in [0, 0.1) is 0 Å². The molecule has 0 aliphatic carbocycles. The molecule has 0 bridgehead atoms. The molecule has 52 valence electrons. The van der Waals surface area contributed by atoms with Gasteiger partial charge in [-0.2, -0.15) is 0 Å². The molecule has 0 unspecified atom stereocenters. The Morgan fingerprint density at radius 3 is 3.00 bits per heavy atom. The van der Waals surface area contributed by atoms with Crippen molar-refractivity contribution in [3.8, 4) is 0 Å². The molecule has 0 radical (unpaired) electrons. The van der Waals surface area contributed by atoms with E-state index < -0.39 is 0 Å². The smallest absolute Gasteiger partial charge is 0.0481 e. The first-order chi connectivity index (χ1) is 4.88. The fraction of sp³-hybridized carbons (Fsp3) is 0.125. The van der Waals surface area contributed by atoms with Crippen LogP contribution in [0.3, 0.4) is 0 Å². The molecule has 1 aromatic heterocycles. The van der Waals surface area contributed by atoms with Gasteiger partial charge < -0.3 is 0 Å². The van der Waals surface area contributed by atoms with Crippen LogP contribution in [-0.4, -0.2) is 4.98 Å². The van der Waals surface area contributed by atoms with Gasteiger partial charge in [0.1, 0.15) is 0 Å². The number of pyridine rings is 1. The summed E-state index contributed by atoms with van der Waals surface area (Å²) in [7, 11) is 0. The van der Waals surface area contributed by atoms with Gasteiger partial charge in [-0.05, 0) is 17.2 Å². The maximum atomic E-state index is 5.64. The van der Waals surface area contributed by atoms with E-state index in [2.05, 4.69) is 11.6 Å². The Hall–Kier alpha value is -0.820. The van der Waals surface area contributed by atoms with Gasteiger partial charge in [0, 0.05) is 18.3 Å². The first kappa shape index (κ1) is 7.29. The molecule has 10 heavy (non-hydrogen) atoms. The van der Waals surface area contributed by atoms with Gasteiger partial charge in [-0.25, -0.2) is 0 Å². The van der Waals surface area contributed by atoms with E-state index in [-0.39, 0.29) is 0 Å². The molecule has 0 atom stereocenters. The van der Waals surface area contributed by atoms with E-state index in [0.717, 1.165) is 11.1 Å². The molecule has 0 aliphatic rings. The second kappa shape index (κ2) is 3.37. The van der Waals surface area contributed by atoms with Gasteiger partial charge >= 0.3 is 0 Å². The topological polar surface area (TPSA) is 12.9 Å². The van der Waals surface area contributed by atoms with E-state index in [1.807, 2.05) is 6.07 Å². The standard InChI is InChI=1S/C8H8ClN/c1-2-7-6-10-4-3-8(7)5-9/h2-4,6H,1,5H2. The number of alkyl halides is 1. The Labute approximate surface area is 65.4 Å². The molecule has 0 fully saturated rings. The maximum Gasteiger partial charge on any atom is 0.0481 e. The highest BCUT2D eigenvalue weighted by molar-refractivity contribution is 6.17. The normalized spacial score (nSPS) is 9.30. The summed E-state index contributed by atoms with van der Waals surface area (Å²) in [6, 6.07) is 1.89. The second-order valence-corrected chi connectivity index (χ2v) is 2.18. The van der Waals surface area contributed by atoms with Crippen LogP contribution in [0.1, 0.15) is 11.1 Å². The minimum absolute atomic E-state index is 0.518. The van der Waals surface area contributed by atoms with Gasteiger partial charge in [0.2, 0.25) is 0 Å². The average molecular weight is 154 g/mol. The van der Waals surface area contributed by atoms with Crippen molar-refractivity contribution >= 4 is 17.7 Å². The quantitative estimate of drug-likeness (QED) is 0.595. The number of hydrogen-bond donors (Lipinski definition) is 0. The van der Waals surface area contributed by atoms with Crippen molar-refractivity contribution in [2.45, 2.75) is 5.88 Å². The van der Waals surface area contributed by atoms with Gasteiger partial charge in [0.15, 0.2) is 0 Å². The Balaban J connectivity index is 3.08. The summed E-state index contributed by atoms with van der Waals surface area (Å²) in [6.45, 7) is 3.64. The van der Waals surface area contributed by atoms with Crippen molar-refractivity contribution < 1.29 is 0 Å².